The van der Waals surface area contributed by atoms with Gasteiger partial charge in [0.05, 0.1) is 16.8 Å². The van der Waals surface area contributed by atoms with Gasteiger partial charge in [0.1, 0.15) is 0 Å². The number of anilines is 1. The molecule has 0 spiro atoms. The summed E-state index contributed by atoms with van der Waals surface area (Å²) in [7, 11) is 3.94. The van der Waals surface area contributed by atoms with Gasteiger partial charge in [-0.2, -0.15) is 13.2 Å². The van der Waals surface area contributed by atoms with Crippen LogP contribution in [0.25, 0.3) is 33.5 Å². The zero-order valence-electron chi connectivity index (χ0n) is 20.6. The average molecular weight is 491 g/mol. The van der Waals surface area contributed by atoms with Crippen LogP contribution in [0.4, 0.5) is 18.9 Å². The first-order valence-corrected chi connectivity index (χ1v) is 12.0. The highest BCUT2D eigenvalue weighted by molar-refractivity contribution is 5.86. The molecule has 0 aliphatic carbocycles. The summed E-state index contributed by atoms with van der Waals surface area (Å²) in [6.45, 7) is 2.58. The number of alkyl halides is 3. The molecule has 1 heterocycles. The second-order valence-corrected chi connectivity index (χ2v) is 9.01. The summed E-state index contributed by atoms with van der Waals surface area (Å²) in [6, 6.07) is 24.4. The van der Waals surface area contributed by atoms with Crippen molar-refractivity contribution >= 4 is 5.69 Å². The molecule has 4 rings (SSSR count). The molecule has 0 aliphatic heterocycles. The molecule has 3 aromatic carbocycles. The van der Waals surface area contributed by atoms with E-state index in [-0.39, 0.29) is 5.56 Å². The van der Waals surface area contributed by atoms with Crippen LogP contribution in [-0.2, 0) is 12.7 Å². The van der Waals surface area contributed by atoms with Crippen LogP contribution in [0.15, 0.2) is 89.7 Å². The fraction of sp³-hybridized carbons (Fsp3) is 0.233. The molecule has 0 saturated carbocycles. The number of hydrogen-bond acceptors (Lipinski definition) is 2. The summed E-state index contributed by atoms with van der Waals surface area (Å²) < 4.78 is 41.4. The van der Waals surface area contributed by atoms with Crippen LogP contribution >= 0.6 is 0 Å². The van der Waals surface area contributed by atoms with Crippen molar-refractivity contribution in [2.24, 2.45) is 0 Å². The lowest BCUT2D eigenvalue weighted by atomic mass is 9.93. The molecule has 0 amide bonds. The van der Waals surface area contributed by atoms with E-state index < -0.39 is 11.7 Å². The first-order valence-electron chi connectivity index (χ1n) is 12.0. The zero-order valence-corrected chi connectivity index (χ0v) is 20.6. The fourth-order valence-corrected chi connectivity index (χ4v) is 4.30. The Hall–Kier alpha value is -3.80. The average Bonchev–Trinajstić information content (AvgIpc) is 2.87. The molecule has 0 radical (unpaired) electrons. The summed E-state index contributed by atoms with van der Waals surface area (Å²) in [5, 5.41) is 0. The van der Waals surface area contributed by atoms with E-state index in [1.165, 1.54) is 12.1 Å². The van der Waals surface area contributed by atoms with E-state index in [1.54, 1.807) is 4.57 Å². The molecule has 0 fully saturated rings. The number of unbranched alkanes of at least 4 members (excludes halogenated alkanes) is 1. The van der Waals surface area contributed by atoms with Crippen molar-refractivity contribution in [3.05, 3.63) is 101 Å². The number of hydrogen-bond donors (Lipinski definition) is 0. The van der Waals surface area contributed by atoms with Gasteiger partial charge in [0.2, 0.25) is 0 Å². The largest absolute Gasteiger partial charge is 0.416 e. The molecule has 0 N–H and O–H groups in total. The minimum atomic E-state index is -4.44. The van der Waals surface area contributed by atoms with Gasteiger partial charge in [-0.25, -0.2) is 0 Å². The Labute approximate surface area is 209 Å². The van der Waals surface area contributed by atoms with E-state index in [2.05, 4.69) is 6.92 Å². The standard InChI is InChI=1S/C30H29F3N2O/c1-4-5-19-35-27(22-13-17-25(18-14-22)34(2)3)20-26(21-9-7-6-8-10-21)28(29(35)36)23-11-15-24(16-12-23)30(31,32)33/h6-18,20H,4-5,19H2,1-3H3. The Morgan fingerprint density at radius 2 is 1.42 bits per heavy atom. The number of aromatic nitrogens is 1. The molecule has 1 aromatic heterocycles. The van der Waals surface area contributed by atoms with Crippen LogP contribution in [0.2, 0.25) is 0 Å². The molecule has 0 unspecified atom stereocenters. The van der Waals surface area contributed by atoms with E-state index in [9.17, 15) is 18.0 Å². The van der Waals surface area contributed by atoms with Gasteiger partial charge in [-0.3, -0.25) is 4.79 Å². The van der Waals surface area contributed by atoms with E-state index in [1.807, 2.05) is 79.7 Å². The number of rotatable bonds is 7. The summed E-state index contributed by atoms with van der Waals surface area (Å²) in [6.07, 6.45) is -2.73. The van der Waals surface area contributed by atoms with Crippen LogP contribution in [0, 0.1) is 0 Å². The summed E-state index contributed by atoms with van der Waals surface area (Å²) in [5.41, 5.74) is 4.18. The first-order chi connectivity index (χ1) is 17.2. The molecular weight excluding hydrogens is 461 g/mol. The molecule has 3 nitrogen and oxygen atoms in total. The smallest absolute Gasteiger partial charge is 0.378 e. The van der Waals surface area contributed by atoms with Crippen molar-refractivity contribution in [1.29, 1.82) is 0 Å². The highest BCUT2D eigenvalue weighted by atomic mass is 19.4. The van der Waals surface area contributed by atoms with Crippen molar-refractivity contribution in [2.75, 3.05) is 19.0 Å². The number of halogens is 3. The SMILES string of the molecule is CCCCn1c(-c2ccc(N(C)C)cc2)cc(-c2ccccc2)c(-c2ccc(C(F)(F)F)cc2)c1=O. The molecule has 6 heteroatoms. The Balaban J connectivity index is 1.99. The molecule has 0 aliphatic rings. The number of benzene rings is 3. The van der Waals surface area contributed by atoms with Gasteiger partial charge in [0.15, 0.2) is 0 Å². The minimum Gasteiger partial charge on any atom is -0.378 e. The Morgan fingerprint density at radius 3 is 1.97 bits per heavy atom. The molecule has 186 valence electrons. The predicted molar refractivity (Wildman–Crippen MR) is 141 cm³/mol. The third-order valence-corrected chi connectivity index (χ3v) is 6.30. The van der Waals surface area contributed by atoms with Gasteiger partial charge in [-0.15, -0.1) is 0 Å². The fourth-order valence-electron chi connectivity index (χ4n) is 4.30. The third-order valence-electron chi connectivity index (χ3n) is 6.30. The van der Waals surface area contributed by atoms with E-state index in [4.69, 9.17) is 0 Å². The van der Waals surface area contributed by atoms with Crippen LogP contribution in [0.1, 0.15) is 25.3 Å². The highest BCUT2D eigenvalue weighted by Crippen LogP contribution is 2.36. The molecule has 0 bridgehead atoms. The molecule has 4 aromatic rings. The summed E-state index contributed by atoms with van der Waals surface area (Å²) in [5.74, 6) is 0. The van der Waals surface area contributed by atoms with Crippen molar-refractivity contribution in [2.45, 2.75) is 32.5 Å². The number of pyridine rings is 1. The molecule has 0 atom stereocenters. The predicted octanol–water partition coefficient (Wildman–Crippen LogP) is 7.73. The van der Waals surface area contributed by atoms with Gasteiger partial charge in [-0.1, -0.05) is 67.9 Å². The maximum atomic E-state index is 14.1. The summed E-state index contributed by atoms with van der Waals surface area (Å²) in [4.78, 5) is 16.1. The van der Waals surface area contributed by atoms with Crippen LogP contribution < -0.4 is 10.5 Å². The van der Waals surface area contributed by atoms with Crippen LogP contribution in [0.3, 0.4) is 0 Å². The van der Waals surface area contributed by atoms with Crippen molar-refractivity contribution in [3.8, 4) is 33.5 Å². The third kappa shape index (κ3) is 5.23. The second-order valence-electron chi connectivity index (χ2n) is 9.01. The molecule has 0 saturated heterocycles. The van der Waals surface area contributed by atoms with E-state index >= 15 is 0 Å². The quantitative estimate of drug-likeness (QED) is 0.265. The maximum Gasteiger partial charge on any atom is 0.416 e. The van der Waals surface area contributed by atoms with Crippen molar-refractivity contribution in [3.63, 3.8) is 0 Å². The van der Waals surface area contributed by atoms with Gasteiger partial charge in [-0.05, 0) is 59.0 Å². The van der Waals surface area contributed by atoms with Crippen molar-refractivity contribution in [1.82, 2.24) is 4.57 Å². The minimum absolute atomic E-state index is 0.212. The Bertz CT molecular complexity index is 1370. The van der Waals surface area contributed by atoms with E-state index in [0.717, 1.165) is 47.5 Å². The second kappa shape index (κ2) is 10.4. The molecule has 36 heavy (non-hydrogen) atoms. The first kappa shape index (κ1) is 25.3. The van der Waals surface area contributed by atoms with E-state index in [0.29, 0.717) is 23.2 Å². The lowest BCUT2D eigenvalue weighted by molar-refractivity contribution is -0.137. The normalized spacial score (nSPS) is 11.5. The molecular formula is C30H29F3N2O. The van der Waals surface area contributed by atoms with Crippen LogP contribution in [-0.4, -0.2) is 18.7 Å². The Morgan fingerprint density at radius 1 is 0.806 bits per heavy atom. The lowest BCUT2D eigenvalue weighted by Crippen LogP contribution is -2.24. The maximum absolute atomic E-state index is 14.1. The Kier molecular flexibility index (Phi) is 7.34. The van der Waals surface area contributed by atoms with Gasteiger partial charge in [0.25, 0.3) is 5.56 Å². The van der Waals surface area contributed by atoms with Crippen molar-refractivity contribution < 1.29 is 13.2 Å². The van der Waals surface area contributed by atoms with Gasteiger partial charge in [0, 0.05) is 26.3 Å². The zero-order chi connectivity index (χ0) is 25.9. The van der Waals surface area contributed by atoms with Gasteiger partial charge >= 0.3 is 6.18 Å². The van der Waals surface area contributed by atoms with Gasteiger partial charge < -0.3 is 9.47 Å². The highest BCUT2D eigenvalue weighted by Gasteiger charge is 2.30. The lowest BCUT2D eigenvalue weighted by Gasteiger charge is -2.20. The monoisotopic (exact) mass is 490 g/mol. The van der Waals surface area contributed by atoms with Crippen LogP contribution in [0.5, 0.6) is 0 Å². The summed E-state index contributed by atoms with van der Waals surface area (Å²) >= 11 is 0. The topological polar surface area (TPSA) is 25.2 Å². The number of nitrogens with zero attached hydrogens (tertiary/aromatic N) is 2.